The number of aryl methyl sites for hydroxylation is 2. The smallest absolute Gasteiger partial charge is 0.0900 e. The zero-order valence-corrected chi connectivity index (χ0v) is 12.7. The van der Waals surface area contributed by atoms with E-state index in [9.17, 15) is 0 Å². The number of aromatic nitrogens is 1. The first-order valence-corrected chi connectivity index (χ1v) is 7.09. The molecule has 2 N–H and O–H groups in total. The summed E-state index contributed by atoms with van der Waals surface area (Å²) in [6, 6.07) is 0.374. The van der Waals surface area contributed by atoms with Gasteiger partial charge in [-0.25, -0.2) is 4.98 Å². The Hall–Kier alpha value is -0.450. The average molecular weight is 255 g/mol. The normalized spacial score (nSPS) is 14.0. The van der Waals surface area contributed by atoms with Crippen molar-refractivity contribution in [2.24, 2.45) is 0 Å². The van der Waals surface area contributed by atoms with E-state index in [1.165, 1.54) is 4.88 Å². The third-order valence-electron chi connectivity index (χ3n) is 2.84. The quantitative estimate of drug-likeness (QED) is 0.821. The van der Waals surface area contributed by atoms with Crippen LogP contribution < -0.4 is 10.6 Å². The molecular weight excluding hydrogens is 230 g/mol. The Kier molecular flexibility index (Phi) is 5.10. The summed E-state index contributed by atoms with van der Waals surface area (Å²) < 4.78 is 0. The molecule has 0 aliphatic heterocycles. The van der Waals surface area contributed by atoms with Crippen LogP contribution in [0.15, 0.2) is 0 Å². The lowest BCUT2D eigenvalue weighted by Crippen LogP contribution is -2.47. The Bertz CT molecular complexity index is 358. The van der Waals surface area contributed by atoms with Crippen molar-refractivity contribution in [2.75, 3.05) is 13.1 Å². The summed E-state index contributed by atoms with van der Waals surface area (Å²) >= 11 is 1.79. The first-order valence-electron chi connectivity index (χ1n) is 6.28. The maximum absolute atomic E-state index is 4.48. The maximum atomic E-state index is 4.48. The van der Waals surface area contributed by atoms with Gasteiger partial charge in [-0.1, -0.05) is 6.92 Å². The summed E-state index contributed by atoms with van der Waals surface area (Å²) in [6.45, 7) is 14.9. The number of hydrogen-bond donors (Lipinski definition) is 2. The van der Waals surface area contributed by atoms with Gasteiger partial charge in [-0.3, -0.25) is 0 Å². The van der Waals surface area contributed by atoms with Crippen molar-refractivity contribution >= 4 is 11.3 Å². The molecule has 0 aliphatic carbocycles. The van der Waals surface area contributed by atoms with Gasteiger partial charge in [0, 0.05) is 23.0 Å². The van der Waals surface area contributed by atoms with Gasteiger partial charge < -0.3 is 10.6 Å². The number of likely N-dealkylation sites (N-methyl/N-ethyl adjacent to an activating group) is 1. The predicted octanol–water partition coefficient (Wildman–Crippen LogP) is 2.80. The fraction of sp³-hybridized carbons (Fsp3) is 0.769. The fourth-order valence-corrected chi connectivity index (χ4v) is 2.95. The predicted molar refractivity (Wildman–Crippen MR) is 75.8 cm³/mol. The van der Waals surface area contributed by atoms with Gasteiger partial charge in [0.2, 0.25) is 0 Å². The van der Waals surface area contributed by atoms with Crippen molar-refractivity contribution in [3.63, 3.8) is 0 Å². The van der Waals surface area contributed by atoms with E-state index in [-0.39, 0.29) is 5.54 Å². The van der Waals surface area contributed by atoms with Gasteiger partial charge in [0.15, 0.2) is 0 Å². The molecule has 0 bridgehead atoms. The molecule has 1 rings (SSSR count). The van der Waals surface area contributed by atoms with Gasteiger partial charge >= 0.3 is 0 Å². The van der Waals surface area contributed by atoms with Crippen molar-refractivity contribution in [3.05, 3.63) is 15.6 Å². The summed E-state index contributed by atoms with van der Waals surface area (Å²) in [5, 5.41) is 8.21. The molecule has 1 atom stereocenters. The van der Waals surface area contributed by atoms with E-state index < -0.39 is 0 Å². The zero-order valence-electron chi connectivity index (χ0n) is 11.8. The van der Waals surface area contributed by atoms with E-state index in [1.54, 1.807) is 11.3 Å². The molecule has 3 nitrogen and oxygen atoms in total. The molecule has 98 valence electrons. The SMILES string of the molecule is CCNC(C)(C)CNC(C)c1sc(C)nc1C. The minimum atomic E-state index is 0.136. The summed E-state index contributed by atoms with van der Waals surface area (Å²) in [6.07, 6.45) is 0. The lowest BCUT2D eigenvalue weighted by atomic mass is 10.1. The molecule has 0 amide bonds. The molecule has 0 spiro atoms. The van der Waals surface area contributed by atoms with Gasteiger partial charge in [-0.15, -0.1) is 11.3 Å². The number of nitrogens with one attached hydrogen (secondary N) is 2. The van der Waals surface area contributed by atoms with Crippen LogP contribution in [0.2, 0.25) is 0 Å². The third kappa shape index (κ3) is 4.37. The highest BCUT2D eigenvalue weighted by atomic mass is 32.1. The van der Waals surface area contributed by atoms with E-state index in [0.717, 1.165) is 23.8 Å². The molecule has 0 radical (unpaired) electrons. The molecule has 0 aromatic carbocycles. The van der Waals surface area contributed by atoms with Crippen LogP contribution in [0.1, 0.15) is 49.3 Å². The van der Waals surface area contributed by atoms with Crippen LogP contribution in [0.3, 0.4) is 0 Å². The monoisotopic (exact) mass is 255 g/mol. The molecule has 1 aromatic heterocycles. The molecule has 0 saturated carbocycles. The Labute approximate surface area is 109 Å². The average Bonchev–Trinajstić information content (AvgIpc) is 2.54. The summed E-state index contributed by atoms with van der Waals surface area (Å²) in [4.78, 5) is 5.83. The molecule has 0 fully saturated rings. The van der Waals surface area contributed by atoms with Crippen LogP contribution in [-0.2, 0) is 0 Å². The lowest BCUT2D eigenvalue weighted by molar-refractivity contribution is 0.358. The van der Waals surface area contributed by atoms with Gasteiger partial charge in [0.1, 0.15) is 0 Å². The van der Waals surface area contributed by atoms with Crippen molar-refractivity contribution in [1.29, 1.82) is 0 Å². The lowest BCUT2D eigenvalue weighted by Gasteiger charge is -2.28. The van der Waals surface area contributed by atoms with Gasteiger partial charge in [0.05, 0.1) is 10.7 Å². The highest BCUT2D eigenvalue weighted by Gasteiger charge is 2.19. The largest absolute Gasteiger partial charge is 0.311 e. The Morgan fingerprint density at radius 2 is 2.00 bits per heavy atom. The van der Waals surface area contributed by atoms with E-state index in [4.69, 9.17) is 0 Å². The first kappa shape index (κ1) is 14.6. The number of rotatable bonds is 6. The Morgan fingerprint density at radius 1 is 1.35 bits per heavy atom. The van der Waals surface area contributed by atoms with Crippen LogP contribution in [0, 0.1) is 13.8 Å². The van der Waals surface area contributed by atoms with E-state index in [1.807, 2.05) is 0 Å². The van der Waals surface area contributed by atoms with Crippen LogP contribution in [0.4, 0.5) is 0 Å². The fourth-order valence-electron chi connectivity index (χ4n) is 1.99. The van der Waals surface area contributed by atoms with Crippen molar-refractivity contribution in [2.45, 2.75) is 53.1 Å². The van der Waals surface area contributed by atoms with E-state index in [2.05, 4.69) is 57.2 Å². The van der Waals surface area contributed by atoms with Crippen LogP contribution >= 0.6 is 11.3 Å². The summed E-state index contributed by atoms with van der Waals surface area (Å²) in [7, 11) is 0. The van der Waals surface area contributed by atoms with Crippen LogP contribution in [0.25, 0.3) is 0 Å². The van der Waals surface area contributed by atoms with Crippen molar-refractivity contribution in [1.82, 2.24) is 15.6 Å². The second kappa shape index (κ2) is 5.94. The molecule has 1 heterocycles. The molecule has 1 aromatic rings. The molecule has 4 heteroatoms. The van der Waals surface area contributed by atoms with Crippen molar-refractivity contribution < 1.29 is 0 Å². The Morgan fingerprint density at radius 3 is 2.47 bits per heavy atom. The topological polar surface area (TPSA) is 37.0 Å². The van der Waals surface area contributed by atoms with E-state index in [0.29, 0.717) is 6.04 Å². The van der Waals surface area contributed by atoms with Gasteiger partial charge in [-0.2, -0.15) is 0 Å². The molecule has 1 unspecified atom stereocenters. The standard InChI is InChI=1S/C13H25N3S/c1-7-15-13(5,6)8-14-9(2)12-10(3)16-11(4)17-12/h9,14-15H,7-8H2,1-6H3. The maximum Gasteiger partial charge on any atom is 0.0900 e. The highest BCUT2D eigenvalue weighted by Crippen LogP contribution is 2.24. The molecule has 0 aliphatic rings. The highest BCUT2D eigenvalue weighted by molar-refractivity contribution is 7.11. The van der Waals surface area contributed by atoms with Crippen LogP contribution in [0.5, 0.6) is 0 Å². The molecule has 17 heavy (non-hydrogen) atoms. The second-order valence-corrected chi connectivity index (χ2v) is 6.43. The second-order valence-electron chi connectivity index (χ2n) is 5.20. The third-order valence-corrected chi connectivity index (χ3v) is 4.09. The van der Waals surface area contributed by atoms with Gasteiger partial charge in [0.25, 0.3) is 0 Å². The summed E-state index contributed by atoms with van der Waals surface area (Å²) in [5.41, 5.74) is 1.30. The minimum absolute atomic E-state index is 0.136. The first-order chi connectivity index (χ1) is 7.85. The number of nitrogens with zero attached hydrogens (tertiary/aromatic N) is 1. The molecular formula is C13H25N3S. The number of hydrogen-bond acceptors (Lipinski definition) is 4. The molecule has 0 saturated heterocycles. The van der Waals surface area contributed by atoms with Gasteiger partial charge in [-0.05, 0) is 41.2 Å². The van der Waals surface area contributed by atoms with Crippen LogP contribution in [-0.4, -0.2) is 23.6 Å². The number of thiazole rings is 1. The van der Waals surface area contributed by atoms with Crippen molar-refractivity contribution in [3.8, 4) is 0 Å². The Balaban J connectivity index is 2.55. The van der Waals surface area contributed by atoms with E-state index >= 15 is 0 Å². The zero-order chi connectivity index (χ0) is 13.1. The minimum Gasteiger partial charge on any atom is -0.311 e. The summed E-state index contributed by atoms with van der Waals surface area (Å²) in [5.74, 6) is 0.